The summed E-state index contributed by atoms with van der Waals surface area (Å²) in [7, 11) is 4.18. The van der Waals surface area contributed by atoms with Crippen molar-refractivity contribution >= 4 is 28.3 Å². The second kappa shape index (κ2) is 10.9. The van der Waals surface area contributed by atoms with Crippen LogP contribution in [0.4, 0.5) is 11.4 Å². The molecule has 5 aromatic rings. The zero-order valence-corrected chi connectivity index (χ0v) is 25.0. The number of H-pyrrole nitrogens is 1. The van der Waals surface area contributed by atoms with Crippen LogP contribution < -0.4 is 10.2 Å². The van der Waals surface area contributed by atoms with Gasteiger partial charge < -0.3 is 24.7 Å². The average Bonchev–Trinajstić information content (AvgIpc) is 3.55. The molecule has 4 heterocycles. The minimum Gasteiger partial charge on any atom is -0.369 e. The van der Waals surface area contributed by atoms with Gasteiger partial charge in [-0.2, -0.15) is 0 Å². The molecule has 2 N–H and O–H groups in total. The lowest BCUT2D eigenvalue weighted by atomic mass is 9.93. The highest BCUT2D eigenvalue weighted by Crippen LogP contribution is 2.43. The van der Waals surface area contributed by atoms with Gasteiger partial charge in [0, 0.05) is 75.9 Å². The Kier molecular flexibility index (Phi) is 7.16. The average molecular weight is 564 g/mol. The van der Waals surface area contributed by atoms with E-state index in [1.807, 2.05) is 43.2 Å². The third-order valence-electron chi connectivity index (χ3n) is 8.56. The van der Waals surface area contributed by atoms with Crippen LogP contribution in [0.25, 0.3) is 44.7 Å². The molecule has 0 aliphatic carbocycles. The van der Waals surface area contributed by atoms with Crippen molar-refractivity contribution in [2.24, 2.45) is 7.05 Å². The highest BCUT2D eigenvalue weighted by atomic mass is 16.1. The number of anilines is 2. The quantitative estimate of drug-likeness (QED) is 0.228. The van der Waals surface area contributed by atoms with Gasteiger partial charge in [-0.25, -0.2) is 9.97 Å². The van der Waals surface area contributed by atoms with E-state index in [0.29, 0.717) is 0 Å². The zero-order chi connectivity index (χ0) is 29.5. The van der Waals surface area contributed by atoms with Gasteiger partial charge in [0.15, 0.2) is 0 Å². The summed E-state index contributed by atoms with van der Waals surface area (Å²) in [5.41, 5.74) is 12.0. The topological polar surface area (TPSA) is 82.1 Å². The molecule has 2 aromatic carbocycles. The molecule has 0 spiro atoms. The highest BCUT2D eigenvalue weighted by molar-refractivity contribution is 6.07. The number of fused-ring (bicyclic) bond motifs is 1. The number of aromatic nitrogens is 4. The van der Waals surface area contributed by atoms with Crippen LogP contribution in [0.2, 0.25) is 0 Å². The van der Waals surface area contributed by atoms with Gasteiger partial charge >= 0.3 is 0 Å². The van der Waals surface area contributed by atoms with Crippen LogP contribution in [0.15, 0.2) is 67.6 Å². The Morgan fingerprint density at radius 1 is 1.00 bits per heavy atom. The lowest BCUT2D eigenvalue weighted by molar-refractivity contribution is -0.111. The summed E-state index contributed by atoms with van der Waals surface area (Å²) in [5.74, 6) is -0.236. The Hall–Kier alpha value is -4.69. The minimum absolute atomic E-state index is 0. The largest absolute Gasteiger partial charge is 0.369 e. The molecule has 6 rings (SSSR count). The number of carbonyl (C=O) groups excluding carboxylic acids is 1. The second-order valence-corrected chi connectivity index (χ2v) is 11.2. The second-order valence-electron chi connectivity index (χ2n) is 11.2. The molecule has 8 heteroatoms. The maximum Gasteiger partial charge on any atom is 0.247 e. The standard InChI is InChI=1S/C34H37N7O.2H2/c1-7-29(42)37-28-18-25(9-8-21(28)2)31-30-22(3)27(32-23(4)40(6)20-36-32)19-35-34(30)38-33(31)24-10-12-26(13-11-24)41-16-14-39(5)15-17-41;;/h7-13,18-20H,1,14-17H2,2-6H3,(H,35,38)(H,37,42);2*1H. The number of likely N-dealkylation sites (N-methyl/N-ethyl adjacent to an activating group) is 1. The number of nitrogens with zero attached hydrogens (tertiary/aromatic N) is 5. The van der Waals surface area contributed by atoms with E-state index in [1.165, 1.54) is 11.8 Å². The van der Waals surface area contributed by atoms with E-state index in [4.69, 9.17) is 9.97 Å². The molecule has 0 radical (unpaired) electrons. The number of amides is 1. The van der Waals surface area contributed by atoms with Gasteiger partial charge in [-0.15, -0.1) is 0 Å². The number of hydrogen-bond donors (Lipinski definition) is 2. The maximum absolute atomic E-state index is 12.2. The third-order valence-corrected chi connectivity index (χ3v) is 8.56. The molecule has 218 valence electrons. The smallest absolute Gasteiger partial charge is 0.247 e. The number of aromatic amines is 1. The number of benzene rings is 2. The maximum atomic E-state index is 12.2. The van der Waals surface area contributed by atoms with Gasteiger partial charge in [0.05, 0.1) is 17.7 Å². The SMILES string of the molecule is C=CC(=O)Nc1cc(-c2c(-c3ccc(N4CCN(C)CC4)cc3)[nH]c3ncc(-c4ncn(C)c4C)c(C)c23)ccc1C.[HH].[HH]. The first-order valence-electron chi connectivity index (χ1n) is 14.3. The fourth-order valence-electron chi connectivity index (χ4n) is 5.81. The van der Waals surface area contributed by atoms with Gasteiger partial charge in [-0.1, -0.05) is 30.8 Å². The van der Waals surface area contributed by atoms with Crippen molar-refractivity contribution in [3.63, 3.8) is 0 Å². The molecule has 0 bridgehead atoms. The summed E-state index contributed by atoms with van der Waals surface area (Å²) >= 11 is 0. The predicted octanol–water partition coefficient (Wildman–Crippen LogP) is 6.59. The van der Waals surface area contributed by atoms with Crippen LogP contribution in [0.5, 0.6) is 0 Å². The van der Waals surface area contributed by atoms with Gasteiger partial charge in [-0.3, -0.25) is 4.79 Å². The molecule has 1 aliphatic rings. The molecule has 0 saturated carbocycles. The number of piperazine rings is 1. The Morgan fingerprint density at radius 3 is 2.38 bits per heavy atom. The summed E-state index contributed by atoms with van der Waals surface area (Å²) in [6.45, 7) is 14.0. The number of nitrogens with one attached hydrogen (secondary N) is 2. The van der Waals surface area contributed by atoms with Gasteiger partial charge in [-0.05, 0) is 74.3 Å². The first-order valence-corrected chi connectivity index (χ1v) is 14.3. The normalized spacial score (nSPS) is 14.0. The lowest BCUT2D eigenvalue weighted by Crippen LogP contribution is -2.44. The van der Waals surface area contributed by atoms with Crippen molar-refractivity contribution in [2.45, 2.75) is 20.8 Å². The summed E-state index contributed by atoms with van der Waals surface area (Å²) < 4.78 is 2.03. The molecule has 8 nitrogen and oxygen atoms in total. The molecule has 0 atom stereocenters. The van der Waals surface area contributed by atoms with Crippen molar-refractivity contribution < 1.29 is 7.65 Å². The van der Waals surface area contributed by atoms with Crippen molar-refractivity contribution in [1.82, 2.24) is 24.4 Å². The molecular weight excluding hydrogens is 522 g/mol. The molecule has 1 aliphatic heterocycles. The van der Waals surface area contributed by atoms with Crippen LogP contribution >= 0.6 is 0 Å². The Morgan fingerprint density at radius 2 is 1.71 bits per heavy atom. The number of imidazole rings is 1. The summed E-state index contributed by atoms with van der Waals surface area (Å²) in [5, 5.41) is 4.02. The zero-order valence-electron chi connectivity index (χ0n) is 25.0. The first kappa shape index (κ1) is 27.5. The van der Waals surface area contributed by atoms with E-state index in [1.54, 1.807) is 0 Å². The molecule has 0 unspecified atom stereocenters. The highest BCUT2D eigenvalue weighted by Gasteiger charge is 2.22. The number of pyridine rings is 1. The third kappa shape index (κ3) is 4.88. The summed E-state index contributed by atoms with van der Waals surface area (Å²) in [4.78, 5) is 30.3. The van der Waals surface area contributed by atoms with E-state index >= 15 is 0 Å². The molecule has 1 fully saturated rings. The van der Waals surface area contributed by atoms with Crippen LogP contribution in [0.1, 0.15) is 19.7 Å². The van der Waals surface area contributed by atoms with Crippen LogP contribution in [0.3, 0.4) is 0 Å². The molecular formula is C34H41N7O. The van der Waals surface area contributed by atoms with E-state index < -0.39 is 0 Å². The minimum atomic E-state index is -0.236. The van der Waals surface area contributed by atoms with Gasteiger partial charge in [0.1, 0.15) is 5.65 Å². The van der Waals surface area contributed by atoms with Crippen molar-refractivity contribution in [1.29, 1.82) is 0 Å². The van der Waals surface area contributed by atoms with E-state index in [2.05, 4.69) is 77.9 Å². The van der Waals surface area contributed by atoms with Crippen LogP contribution in [0, 0.1) is 20.8 Å². The van der Waals surface area contributed by atoms with Crippen LogP contribution in [-0.2, 0) is 11.8 Å². The molecule has 3 aromatic heterocycles. The molecule has 42 heavy (non-hydrogen) atoms. The monoisotopic (exact) mass is 563 g/mol. The number of hydrogen-bond acceptors (Lipinski definition) is 5. The number of carbonyl (C=O) groups is 1. The van der Waals surface area contributed by atoms with Crippen molar-refractivity contribution in [3.8, 4) is 33.6 Å². The first-order chi connectivity index (χ1) is 20.2. The fourth-order valence-corrected chi connectivity index (χ4v) is 5.81. The number of rotatable bonds is 6. The van der Waals surface area contributed by atoms with Crippen molar-refractivity contribution in [3.05, 3.63) is 84.5 Å². The van der Waals surface area contributed by atoms with E-state index in [-0.39, 0.29) is 8.76 Å². The fraction of sp³-hybridized carbons (Fsp3) is 0.265. The molecule has 1 amide bonds. The summed E-state index contributed by atoms with van der Waals surface area (Å²) in [6, 6.07) is 15.0. The Bertz CT molecular complexity index is 1820. The Balaban J connectivity index is 0.00000221. The molecule has 1 saturated heterocycles. The van der Waals surface area contributed by atoms with Gasteiger partial charge in [0.25, 0.3) is 0 Å². The van der Waals surface area contributed by atoms with E-state index in [0.717, 1.165) is 93.4 Å². The van der Waals surface area contributed by atoms with Gasteiger partial charge in [0.2, 0.25) is 5.91 Å². The number of aryl methyl sites for hydroxylation is 3. The van der Waals surface area contributed by atoms with Crippen LogP contribution in [-0.4, -0.2) is 63.6 Å². The van der Waals surface area contributed by atoms with Crippen molar-refractivity contribution in [2.75, 3.05) is 43.4 Å². The predicted molar refractivity (Wildman–Crippen MR) is 176 cm³/mol. The summed E-state index contributed by atoms with van der Waals surface area (Å²) in [6.07, 6.45) is 5.05. The lowest BCUT2D eigenvalue weighted by Gasteiger charge is -2.34. The van der Waals surface area contributed by atoms with E-state index in [9.17, 15) is 4.79 Å². The Labute approximate surface area is 249 Å².